The molecule has 0 bridgehead atoms. The van der Waals surface area contributed by atoms with E-state index in [4.69, 9.17) is 5.73 Å². The van der Waals surface area contributed by atoms with E-state index in [2.05, 4.69) is 28.7 Å². The number of hydrogen-bond acceptors (Lipinski definition) is 3. The van der Waals surface area contributed by atoms with Crippen LogP contribution in [0.1, 0.15) is 48.1 Å². The predicted molar refractivity (Wildman–Crippen MR) is 70.2 cm³/mol. The lowest BCUT2D eigenvalue weighted by Crippen LogP contribution is -2.19. The van der Waals surface area contributed by atoms with Crippen LogP contribution in [-0.2, 0) is 6.42 Å². The quantitative estimate of drug-likeness (QED) is 0.886. The van der Waals surface area contributed by atoms with Gasteiger partial charge in [0.1, 0.15) is 5.01 Å². The normalized spacial score (nSPS) is 21.2. The summed E-state index contributed by atoms with van der Waals surface area (Å²) in [6, 6.07) is 2.73. The Bertz CT molecular complexity index is 501. The molecule has 0 saturated carbocycles. The molecule has 0 spiro atoms. The van der Waals surface area contributed by atoms with Crippen molar-refractivity contribution < 1.29 is 0 Å². The number of nitrogens with two attached hydrogens (primary N) is 1. The smallest absolute Gasteiger partial charge is 0.115 e. The van der Waals surface area contributed by atoms with E-state index in [9.17, 15) is 0 Å². The Morgan fingerprint density at radius 1 is 1.59 bits per heavy atom. The molecule has 0 saturated heterocycles. The van der Waals surface area contributed by atoms with Gasteiger partial charge in [0.15, 0.2) is 0 Å². The Morgan fingerprint density at radius 3 is 3.24 bits per heavy atom. The van der Waals surface area contributed by atoms with Crippen LogP contribution in [0.5, 0.6) is 0 Å². The number of nitrogens with zero attached hydrogens (tertiary/aromatic N) is 2. The average molecular weight is 247 g/mol. The molecule has 2 unspecified atom stereocenters. The van der Waals surface area contributed by atoms with Gasteiger partial charge in [0, 0.05) is 29.5 Å². The number of fused-ring (bicyclic) bond motifs is 1. The summed E-state index contributed by atoms with van der Waals surface area (Å²) in [5, 5.41) is 3.20. The highest BCUT2D eigenvalue weighted by Gasteiger charge is 2.23. The van der Waals surface area contributed by atoms with Gasteiger partial charge >= 0.3 is 0 Å². The number of thiazole rings is 1. The largest absolute Gasteiger partial charge is 0.342 e. The van der Waals surface area contributed by atoms with Crippen molar-refractivity contribution in [2.24, 2.45) is 5.73 Å². The molecular weight excluding hydrogens is 230 g/mol. The fourth-order valence-electron chi connectivity index (χ4n) is 2.67. The van der Waals surface area contributed by atoms with E-state index in [-0.39, 0.29) is 6.04 Å². The summed E-state index contributed by atoms with van der Waals surface area (Å²) in [7, 11) is 0. The molecule has 2 heterocycles. The molecule has 2 N–H and O–H groups in total. The third-order valence-electron chi connectivity index (χ3n) is 3.61. The van der Waals surface area contributed by atoms with Crippen LogP contribution in [-0.4, -0.2) is 9.55 Å². The maximum absolute atomic E-state index is 6.15. The Kier molecular flexibility index (Phi) is 2.76. The first-order chi connectivity index (χ1) is 8.27. The number of aromatic nitrogens is 2. The van der Waals surface area contributed by atoms with Crippen LogP contribution >= 0.6 is 11.3 Å². The maximum Gasteiger partial charge on any atom is 0.115 e. The van der Waals surface area contributed by atoms with Gasteiger partial charge in [-0.3, -0.25) is 0 Å². The molecule has 2 aromatic rings. The maximum atomic E-state index is 6.15. The summed E-state index contributed by atoms with van der Waals surface area (Å²) in [6.07, 6.45) is 7.50. The zero-order chi connectivity index (χ0) is 11.8. The topological polar surface area (TPSA) is 43.8 Å². The second-order valence-corrected chi connectivity index (χ2v) is 5.60. The van der Waals surface area contributed by atoms with E-state index in [1.165, 1.54) is 22.7 Å². The third kappa shape index (κ3) is 1.81. The number of hydrogen-bond donors (Lipinski definition) is 1. The van der Waals surface area contributed by atoms with E-state index in [1.807, 2.05) is 11.6 Å². The Balaban J connectivity index is 1.99. The van der Waals surface area contributed by atoms with E-state index in [0.29, 0.717) is 6.04 Å². The van der Waals surface area contributed by atoms with Gasteiger partial charge in [0.05, 0.1) is 6.04 Å². The molecule has 1 aliphatic carbocycles. The number of rotatable bonds is 2. The molecule has 3 rings (SSSR count). The lowest BCUT2D eigenvalue weighted by molar-refractivity contribution is 0.525. The van der Waals surface area contributed by atoms with Crippen molar-refractivity contribution in [3.63, 3.8) is 0 Å². The van der Waals surface area contributed by atoms with E-state index >= 15 is 0 Å². The lowest BCUT2D eigenvalue weighted by atomic mass is 9.93. The van der Waals surface area contributed by atoms with Crippen molar-refractivity contribution in [3.05, 3.63) is 40.1 Å². The standard InChI is InChI=1S/C13H17N3S/c1-9(13-15-6-8-17-13)16-7-5-10-11(14)3-2-4-12(10)16/h5-9,11H,2-4,14H2,1H3. The van der Waals surface area contributed by atoms with E-state index in [0.717, 1.165) is 12.8 Å². The van der Waals surface area contributed by atoms with Crippen LogP contribution < -0.4 is 5.73 Å². The molecule has 0 fully saturated rings. The minimum Gasteiger partial charge on any atom is -0.342 e. The van der Waals surface area contributed by atoms with Crippen molar-refractivity contribution >= 4 is 11.3 Å². The summed E-state index contributed by atoms with van der Waals surface area (Å²) < 4.78 is 2.34. The van der Waals surface area contributed by atoms with Crippen molar-refractivity contribution in [3.8, 4) is 0 Å². The van der Waals surface area contributed by atoms with Gasteiger partial charge in [-0.15, -0.1) is 11.3 Å². The summed E-state index contributed by atoms with van der Waals surface area (Å²) in [6.45, 7) is 2.21. The molecule has 3 nitrogen and oxygen atoms in total. The van der Waals surface area contributed by atoms with Gasteiger partial charge in [-0.25, -0.2) is 4.98 Å². The van der Waals surface area contributed by atoms with Crippen LogP contribution in [0.15, 0.2) is 23.8 Å². The Morgan fingerprint density at radius 2 is 2.47 bits per heavy atom. The van der Waals surface area contributed by atoms with Gasteiger partial charge < -0.3 is 10.3 Å². The molecule has 4 heteroatoms. The first-order valence-corrected chi connectivity index (χ1v) is 7.00. The molecular formula is C13H17N3S. The predicted octanol–water partition coefficient (Wildman–Crippen LogP) is 2.89. The van der Waals surface area contributed by atoms with Gasteiger partial charge in [-0.2, -0.15) is 0 Å². The van der Waals surface area contributed by atoms with Crippen molar-refractivity contribution in [2.75, 3.05) is 0 Å². The van der Waals surface area contributed by atoms with Crippen LogP contribution in [0.2, 0.25) is 0 Å². The first-order valence-electron chi connectivity index (χ1n) is 6.12. The highest BCUT2D eigenvalue weighted by molar-refractivity contribution is 7.09. The fraction of sp³-hybridized carbons (Fsp3) is 0.462. The van der Waals surface area contributed by atoms with Crippen LogP contribution in [0.3, 0.4) is 0 Å². The molecule has 2 atom stereocenters. The second-order valence-electron chi connectivity index (χ2n) is 4.67. The Labute approximate surface area is 105 Å². The minimum atomic E-state index is 0.225. The molecule has 0 aliphatic heterocycles. The molecule has 1 aliphatic rings. The summed E-state index contributed by atoms with van der Waals surface area (Å²) in [5.74, 6) is 0. The SMILES string of the molecule is CC(c1nccs1)n1ccc2c1CCCC2N. The zero-order valence-electron chi connectivity index (χ0n) is 9.97. The van der Waals surface area contributed by atoms with E-state index in [1.54, 1.807) is 11.3 Å². The summed E-state index contributed by atoms with van der Waals surface area (Å²) in [4.78, 5) is 4.41. The monoisotopic (exact) mass is 247 g/mol. The van der Waals surface area contributed by atoms with Gasteiger partial charge in [-0.05, 0) is 37.8 Å². The molecule has 17 heavy (non-hydrogen) atoms. The zero-order valence-corrected chi connectivity index (χ0v) is 10.8. The molecule has 90 valence electrons. The third-order valence-corrected chi connectivity index (χ3v) is 4.56. The fourth-order valence-corrected chi connectivity index (χ4v) is 3.37. The molecule has 2 aromatic heterocycles. The van der Waals surface area contributed by atoms with E-state index < -0.39 is 0 Å². The highest BCUT2D eigenvalue weighted by Crippen LogP contribution is 2.32. The van der Waals surface area contributed by atoms with Crippen LogP contribution in [0.25, 0.3) is 0 Å². The molecule has 0 amide bonds. The van der Waals surface area contributed by atoms with Gasteiger partial charge in [0.2, 0.25) is 0 Å². The highest BCUT2D eigenvalue weighted by atomic mass is 32.1. The van der Waals surface area contributed by atoms with Crippen molar-refractivity contribution in [2.45, 2.75) is 38.3 Å². The summed E-state index contributed by atoms with van der Waals surface area (Å²) >= 11 is 1.72. The van der Waals surface area contributed by atoms with Crippen molar-refractivity contribution in [1.29, 1.82) is 0 Å². The van der Waals surface area contributed by atoms with Crippen molar-refractivity contribution in [1.82, 2.24) is 9.55 Å². The Hall–Kier alpha value is -1.13. The first kappa shape index (κ1) is 11.0. The molecule has 0 aromatic carbocycles. The van der Waals surface area contributed by atoms with Crippen LogP contribution in [0.4, 0.5) is 0 Å². The summed E-state index contributed by atoms with van der Waals surface area (Å²) in [5.41, 5.74) is 8.89. The average Bonchev–Trinajstić information content (AvgIpc) is 2.98. The lowest BCUT2D eigenvalue weighted by Gasteiger charge is -2.23. The molecule has 0 radical (unpaired) electrons. The van der Waals surface area contributed by atoms with Crippen LogP contribution in [0, 0.1) is 0 Å². The second kappa shape index (κ2) is 4.27. The van der Waals surface area contributed by atoms with Gasteiger partial charge in [-0.1, -0.05) is 0 Å². The minimum absolute atomic E-state index is 0.225. The van der Waals surface area contributed by atoms with Gasteiger partial charge in [0.25, 0.3) is 0 Å².